The van der Waals surface area contributed by atoms with Gasteiger partial charge in [0, 0.05) is 36.9 Å². The molecule has 1 saturated heterocycles. The molecule has 0 bridgehead atoms. The number of rotatable bonds is 6. The summed E-state index contributed by atoms with van der Waals surface area (Å²) < 4.78 is 5.97. The maximum absolute atomic E-state index is 13.7. The van der Waals surface area contributed by atoms with Crippen molar-refractivity contribution in [3.05, 3.63) is 52.5 Å². The third-order valence-corrected chi connectivity index (χ3v) is 6.10. The van der Waals surface area contributed by atoms with Crippen LogP contribution in [-0.2, 0) is 0 Å². The van der Waals surface area contributed by atoms with Gasteiger partial charge >= 0.3 is 0 Å². The molecule has 0 radical (unpaired) electrons. The summed E-state index contributed by atoms with van der Waals surface area (Å²) in [5, 5.41) is 11.7. The van der Waals surface area contributed by atoms with Gasteiger partial charge in [0.15, 0.2) is 5.58 Å². The molecule has 1 aliphatic rings. The van der Waals surface area contributed by atoms with Crippen LogP contribution in [0.15, 0.2) is 45.9 Å². The summed E-state index contributed by atoms with van der Waals surface area (Å²) in [6.45, 7) is 5.97. The molecule has 0 spiro atoms. The fourth-order valence-corrected chi connectivity index (χ4v) is 4.29. The molecule has 33 heavy (non-hydrogen) atoms. The quantitative estimate of drug-likeness (QED) is 0.395. The van der Waals surface area contributed by atoms with E-state index in [9.17, 15) is 4.79 Å². The van der Waals surface area contributed by atoms with Crippen LogP contribution in [0.4, 0.5) is 11.7 Å². The highest BCUT2D eigenvalue weighted by molar-refractivity contribution is 6.31. The number of fused-ring (bicyclic) bond motifs is 1. The molecule has 8 nitrogen and oxygen atoms in total. The van der Waals surface area contributed by atoms with Crippen LogP contribution in [-0.4, -0.2) is 53.9 Å². The number of oxazole rings is 1. The van der Waals surface area contributed by atoms with Gasteiger partial charge in [-0.05, 0) is 50.1 Å². The van der Waals surface area contributed by atoms with Crippen molar-refractivity contribution < 1.29 is 9.21 Å². The van der Waals surface area contributed by atoms with Crippen LogP contribution in [0.5, 0.6) is 0 Å². The Bertz CT molecular complexity index is 1190. The third-order valence-electron chi connectivity index (χ3n) is 5.86. The fraction of sp³-hybridized carbons (Fsp3) is 0.333. The molecular weight excluding hydrogens is 440 g/mol. The Balaban J connectivity index is 1.58. The van der Waals surface area contributed by atoms with E-state index in [0.717, 1.165) is 36.7 Å². The normalized spacial score (nSPS) is 16.9. The van der Waals surface area contributed by atoms with Crippen LogP contribution >= 0.6 is 11.6 Å². The highest BCUT2D eigenvalue weighted by atomic mass is 35.5. The second-order valence-corrected chi connectivity index (χ2v) is 8.49. The van der Waals surface area contributed by atoms with Gasteiger partial charge in [-0.15, -0.1) is 0 Å². The van der Waals surface area contributed by atoms with Gasteiger partial charge in [0.2, 0.25) is 0 Å². The van der Waals surface area contributed by atoms with Gasteiger partial charge in [-0.1, -0.05) is 30.2 Å². The van der Waals surface area contributed by atoms with Crippen LogP contribution in [0, 0.1) is 12.3 Å². The zero-order valence-corrected chi connectivity index (χ0v) is 19.5. The van der Waals surface area contributed by atoms with Gasteiger partial charge in [0.25, 0.3) is 11.9 Å². The average molecular weight is 467 g/mol. The predicted octanol–water partition coefficient (Wildman–Crippen LogP) is 4.97. The number of hydrazone groups is 1. The average Bonchev–Trinajstić information content (AvgIpc) is 3.10. The van der Waals surface area contributed by atoms with Crippen molar-refractivity contribution in [2.75, 3.05) is 30.0 Å². The molecule has 1 amide bonds. The Morgan fingerprint density at radius 1 is 1.30 bits per heavy atom. The Morgan fingerprint density at radius 3 is 2.94 bits per heavy atom. The molecule has 1 aliphatic heterocycles. The number of carbonyl (C=O) groups excluding carboxylic acids is 1. The number of benzene rings is 2. The molecule has 2 N–H and O–H groups in total. The summed E-state index contributed by atoms with van der Waals surface area (Å²) in [5.41, 5.74) is 6.49. The number of hydrogen-bond donors (Lipinski definition) is 2. The van der Waals surface area contributed by atoms with E-state index in [4.69, 9.17) is 21.4 Å². The number of anilines is 2. The van der Waals surface area contributed by atoms with Crippen molar-refractivity contribution >= 4 is 52.7 Å². The molecule has 0 saturated carbocycles. The number of hydrogen-bond acceptors (Lipinski definition) is 7. The highest BCUT2D eigenvalue weighted by Crippen LogP contribution is 2.28. The minimum Gasteiger partial charge on any atom is -0.423 e. The van der Waals surface area contributed by atoms with E-state index in [1.165, 1.54) is 6.21 Å². The standard InChI is InChI=1S/C24H27ClN6O2/c1-3-18-8-11-30(24-28-21-15-17(25)5-7-22(21)33-24)12-13-31(18)23(32)19-14-16(2)4-6-20(19)29-27-10-9-26/h4-7,9-10,14-15,18,26,29H,3,8,11-13H2,1-2H3/b26-9?,27-10-. The maximum Gasteiger partial charge on any atom is 0.298 e. The number of halogens is 1. The topological polar surface area (TPSA) is 97.8 Å². The van der Waals surface area contributed by atoms with Crippen molar-refractivity contribution in [2.45, 2.75) is 32.7 Å². The van der Waals surface area contributed by atoms with Crippen LogP contribution in [0.2, 0.25) is 5.02 Å². The van der Waals surface area contributed by atoms with Gasteiger partial charge in [-0.2, -0.15) is 10.1 Å². The number of aromatic nitrogens is 1. The van der Waals surface area contributed by atoms with E-state index in [1.54, 1.807) is 12.1 Å². The first-order valence-corrected chi connectivity index (χ1v) is 11.4. The summed E-state index contributed by atoms with van der Waals surface area (Å²) in [6, 6.07) is 11.7. The number of carbonyl (C=O) groups is 1. The summed E-state index contributed by atoms with van der Waals surface area (Å²) >= 11 is 6.09. The van der Waals surface area contributed by atoms with Crippen molar-refractivity contribution in [3.63, 3.8) is 0 Å². The van der Waals surface area contributed by atoms with E-state index < -0.39 is 0 Å². The van der Waals surface area contributed by atoms with Crippen LogP contribution in [0.1, 0.15) is 35.7 Å². The highest BCUT2D eigenvalue weighted by Gasteiger charge is 2.30. The molecule has 0 aliphatic carbocycles. The number of aryl methyl sites for hydroxylation is 1. The van der Waals surface area contributed by atoms with Crippen LogP contribution in [0.3, 0.4) is 0 Å². The van der Waals surface area contributed by atoms with Gasteiger partial charge in [0.1, 0.15) is 5.52 Å². The Kier molecular flexibility index (Phi) is 6.93. The number of nitrogens with one attached hydrogen (secondary N) is 2. The van der Waals surface area contributed by atoms with E-state index in [-0.39, 0.29) is 11.9 Å². The molecule has 9 heteroatoms. The Labute approximate surface area is 197 Å². The molecule has 2 heterocycles. The monoisotopic (exact) mass is 466 g/mol. The van der Waals surface area contributed by atoms with E-state index in [2.05, 4.69) is 27.3 Å². The Hall–Kier alpha value is -3.39. The van der Waals surface area contributed by atoms with E-state index in [1.807, 2.05) is 36.1 Å². The van der Waals surface area contributed by atoms with Crippen molar-refractivity contribution in [1.82, 2.24) is 9.88 Å². The maximum atomic E-state index is 13.7. The lowest BCUT2D eigenvalue weighted by Crippen LogP contribution is -2.41. The van der Waals surface area contributed by atoms with E-state index >= 15 is 0 Å². The molecule has 3 aromatic rings. The minimum absolute atomic E-state index is 0.0377. The molecule has 2 aromatic carbocycles. The summed E-state index contributed by atoms with van der Waals surface area (Å²) in [6.07, 6.45) is 4.07. The molecule has 1 aromatic heterocycles. The first kappa shape index (κ1) is 22.8. The molecule has 1 fully saturated rings. The molecule has 1 atom stereocenters. The largest absolute Gasteiger partial charge is 0.423 e. The van der Waals surface area contributed by atoms with E-state index in [0.29, 0.717) is 41.0 Å². The number of nitrogens with zero attached hydrogens (tertiary/aromatic N) is 4. The lowest BCUT2D eigenvalue weighted by atomic mass is 10.0. The third kappa shape index (κ3) is 5.01. The smallest absolute Gasteiger partial charge is 0.298 e. The lowest BCUT2D eigenvalue weighted by Gasteiger charge is -2.29. The first-order valence-electron chi connectivity index (χ1n) is 11.0. The second kappa shape index (κ2) is 10.0. The minimum atomic E-state index is -0.0377. The zero-order valence-electron chi connectivity index (χ0n) is 18.7. The molecule has 1 unspecified atom stereocenters. The van der Waals surface area contributed by atoms with Crippen LogP contribution in [0.25, 0.3) is 11.1 Å². The van der Waals surface area contributed by atoms with Crippen LogP contribution < -0.4 is 10.3 Å². The number of amides is 1. The predicted molar refractivity (Wildman–Crippen MR) is 133 cm³/mol. The van der Waals surface area contributed by atoms with Gasteiger partial charge in [-0.3, -0.25) is 10.2 Å². The summed E-state index contributed by atoms with van der Waals surface area (Å²) in [5.74, 6) is -0.0377. The zero-order chi connectivity index (χ0) is 23.4. The fourth-order valence-electron chi connectivity index (χ4n) is 4.12. The lowest BCUT2D eigenvalue weighted by molar-refractivity contribution is 0.0687. The van der Waals surface area contributed by atoms with Gasteiger partial charge < -0.3 is 19.6 Å². The van der Waals surface area contributed by atoms with Crippen molar-refractivity contribution in [3.8, 4) is 0 Å². The van der Waals surface area contributed by atoms with Gasteiger partial charge in [0.05, 0.1) is 17.5 Å². The summed E-state index contributed by atoms with van der Waals surface area (Å²) in [4.78, 5) is 22.3. The molecular formula is C24H27ClN6O2. The first-order chi connectivity index (χ1) is 16.0. The van der Waals surface area contributed by atoms with Crippen molar-refractivity contribution in [1.29, 1.82) is 5.41 Å². The molecule has 172 valence electrons. The SMILES string of the molecule is CCC1CCN(c2nc3cc(Cl)ccc3o2)CCN1C(=O)c1cc(C)ccc1N/N=C\C=N. The van der Waals surface area contributed by atoms with Gasteiger partial charge in [-0.25, -0.2) is 0 Å². The molecule has 4 rings (SSSR count). The second-order valence-electron chi connectivity index (χ2n) is 8.05. The Morgan fingerprint density at radius 2 is 2.15 bits per heavy atom. The van der Waals surface area contributed by atoms with Crippen molar-refractivity contribution in [2.24, 2.45) is 5.10 Å². The summed E-state index contributed by atoms with van der Waals surface area (Å²) in [7, 11) is 0.